The van der Waals surface area contributed by atoms with Gasteiger partial charge in [-0.2, -0.15) is 11.8 Å². The number of rotatable bonds is 3. The van der Waals surface area contributed by atoms with Crippen molar-refractivity contribution in [3.05, 3.63) is 16.4 Å². The van der Waals surface area contributed by atoms with E-state index in [9.17, 15) is 4.79 Å². The van der Waals surface area contributed by atoms with Crippen molar-refractivity contribution in [2.24, 2.45) is 0 Å². The van der Waals surface area contributed by atoms with Gasteiger partial charge in [-0.3, -0.25) is 0 Å². The van der Waals surface area contributed by atoms with Crippen LogP contribution in [0.3, 0.4) is 0 Å². The second-order valence-corrected chi connectivity index (χ2v) is 2.91. The molecule has 0 atom stereocenters. The summed E-state index contributed by atoms with van der Waals surface area (Å²) in [5.74, 6) is -0.234. The van der Waals surface area contributed by atoms with Crippen molar-refractivity contribution in [3.8, 4) is 5.95 Å². The first-order valence-corrected chi connectivity index (χ1v) is 4.44. The van der Waals surface area contributed by atoms with Crippen LogP contribution in [0.2, 0.25) is 0 Å². The molecule has 0 aliphatic heterocycles. The fourth-order valence-electron chi connectivity index (χ4n) is 0.654. The van der Waals surface area contributed by atoms with Crippen LogP contribution in [0.5, 0.6) is 5.95 Å². The molecule has 62 valence electrons. The third-order valence-corrected chi connectivity index (χ3v) is 1.77. The van der Waals surface area contributed by atoms with Gasteiger partial charge in [0.05, 0.1) is 0 Å². The van der Waals surface area contributed by atoms with Crippen molar-refractivity contribution in [1.82, 2.24) is 0 Å². The van der Waals surface area contributed by atoms with E-state index in [0.29, 0.717) is 6.42 Å². The third kappa shape index (κ3) is 2.04. The van der Waals surface area contributed by atoms with Crippen LogP contribution >= 0.6 is 11.8 Å². The summed E-state index contributed by atoms with van der Waals surface area (Å²) in [7, 11) is 0. The molecule has 1 aromatic heterocycles. The van der Waals surface area contributed by atoms with Crippen molar-refractivity contribution in [1.29, 1.82) is 0 Å². The topological polar surface area (TPSA) is 63.6 Å². The summed E-state index contributed by atoms with van der Waals surface area (Å²) in [6, 6.07) is 0. The minimum Gasteiger partial charge on any atom is -0.478 e. The molecule has 0 radical (unpaired) electrons. The molecule has 0 aliphatic carbocycles. The monoisotopic (exact) mass is 176 g/mol. The predicted octanol–water partition coefficient (Wildman–Crippen LogP) is 0.844. The molecule has 4 nitrogen and oxygen atoms in total. The summed E-state index contributed by atoms with van der Waals surface area (Å²) in [4.78, 5) is 10.4. The standard InChI is InChI=1S/C6H8O4S/c1-11-3-2-4-5(7)10-6(8)9-4/h7H,2-3H2,1H3. The Morgan fingerprint density at radius 3 is 2.73 bits per heavy atom. The van der Waals surface area contributed by atoms with Gasteiger partial charge in [-0.05, 0) is 6.26 Å². The van der Waals surface area contributed by atoms with E-state index in [4.69, 9.17) is 5.11 Å². The molecule has 0 bridgehead atoms. The molecule has 0 fully saturated rings. The fraction of sp³-hybridized carbons (Fsp3) is 0.500. The highest BCUT2D eigenvalue weighted by molar-refractivity contribution is 7.98. The molecule has 0 aliphatic rings. The van der Waals surface area contributed by atoms with Gasteiger partial charge in [-0.15, -0.1) is 0 Å². The Balaban J connectivity index is 2.69. The van der Waals surface area contributed by atoms with Gasteiger partial charge in [-0.1, -0.05) is 0 Å². The quantitative estimate of drug-likeness (QED) is 0.739. The number of hydrogen-bond donors (Lipinski definition) is 1. The van der Waals surface area contributed by atoms with Gasteiger partial charge in [0.1, 0.15) is 0 Å². The smallest absolute Gasteiger partial charge is 0.478 e. The molecular formula is C6H8O4S. The Morgan fingerprint density at radius 2 is 2.27 bits per heavy atom. The molecule has 1 aromatic rings. The van der Waals surface area contributed by atoms with Crippen LogP contribution in [0.25, 0.3) is 0 Å². The second kappa shape index (κ2) is 3.52. The van der Waals surface area contributed by atoms with Gasteiger partial charge in [-0.25, -0.2) is 4.79 Å². The van der Waals surface area contributed by atoms with Gasteiger partial charge >= 0.3 is 11.8 Å². The van der Waals surface area contributed by atoms with E-state index in [1.54, 1.807) is 11.8 Å². The molecule has 11 heavy (non-hydrogen) atoms. The number of hydrogen-bond acceptors (Lipinski definition) is 5. The average Bonchev–Trinajstić information content (AvgIpc) is 2.26. The zero-order valence-electron chi connectivity index (χ0n) is 5.99. The maximum atomic E-state index is 10.4. The van der Waals surface area contributed by atoms with Gasteiger partial charge in [0.25, 0.3) is 0 Å². The molecule has 0 saturated carbocycles. The normalized spacial score (nSPS) is 10.3. The van der Waals surface area contributed by atoms with E-state index in [1.165, 1.54) is 0 Å². The molecule has 0 spiro atoms. The Morgan fingerprint density at radius 1 is 1.55 bits per heavy atom. The Labute approximate surface area is 67.2 Å². The summed E-state index contributed by atoms with van der Waals surface area (Å²) in [5.41, 5.74) is 0. The first-order chi connectivity index (χ1) is 5.24. The summed E-state index contributed by atoms with van der Waals surface area (Å²) in [6.07, 6.45) is 2.44. The number of aromatic hydroxyl groups is 1. The molecule has 0 saturated heterocycles. The van der Waals surface area contributed by atoms with Crippen molar-refractivity contribution in [2.75, 3.05) is 12.0 Å². The van der Waals surface area contributed by atoms with Crippen molar-refractivity contribution in [3.63, 3.8) is 0 Å². The van der Waals surface area contributed by atoms with Gasteiger partial charge < -0.3 is 13.9 Å². The highest BCUT2D eigenvalue weighted by Gasteiger charge is 2.09. The predicted molar refractivity (Wildman–Crippen MR) is 41.0 cm³/mol. The van der Waals surface area contributed by atoms with Crippen LogP contribution in [0, 0.1) is 0 Å². The highest BCUT2D eigenvalue weighted by Crippen LogP contribution is 2.15. The Bertz CT molecular complexity index is 274. The fourth-order valence-corrected chi connectivity index (χ4v) is 1.04. The average molecular weight is 176 g/mol. The summed E-state index contributed by atoms with van der Waals surface area (Å²) < 4.78 is 8.77. The molecule has 0 unspecified atom stereocenters. The SMILES string of the molecule is CSCCc1oc(=O)oc1O. The molecule has 5 heteroatoms. The van der Waals surface area contributed by atoms with E-state index >= 15 is 0 Å². The van der Waals surface area contributed by atoms with Crippen molar-refractivity contribution in [2.45, 2.75) is 6.42 Å². The summed E-state index contributed by atoms with van der Waals surface area (Å²) in [5, 5.41) is 8.89. The Kier molecular flexibility index (Phi) is 2.64. The van der Waals surface area contributed by atoms with Gasteiger partial charge in [0.15, 0.2) is 5.76 Å². The lowest BCUT2D eigenvalue weighted by atomic mass is 10.4. The molecule has 1 N–H and O–H groups in total. The first kappa shape index (κ1) is 8.26. The van der Waals surface area contributed by atoms with Crippen molar-refractivity contribution < 1.29 is 13.9 Å². The minimum absolute atomic E-state index is 0.226. The van der Waals surface area contributed by atoms with Gasteiger partial charge in [0, 0.05) is 12.2 Å². The third-order valence-electron chi connectivity index (χ3n) is 1.16. The lowest BCUT2D eigenvalue weighted by Crippen LogP contribution is -1.88. The lowest BCUT2D eigenvalue weighted by Gasteiger charge is -1.90. The zero-order valence-corrected chi connectivity index (χ0v) is 6.81. The van der Waals surface area contributed by atoms with E-state index in [-0.39, 0.29) is 5.76 Å². The van der Waals surface area contributed by atoms with Crippen LogP contribution in [0.15, 0.2) is 13.6 Å². The van der Waals surface area contributed by atoms with E-state index in [2.05, 4.69) is 8.83 Å². The zero-order chi connectivity index (χ0) is 8.27. The lowest BCUT2D eigenvalue weighted by molar-refractivity contribution is 0.303. The van der Waals surface area contributed by atoms with Crippen LogP contribution in [-0.2, 0) is 6.42 Å². The van der Waals surface area contributed by atoms with Gasteiger partial charge in [0.2, 0.25) is 0 Å². The molecule has 0 aromatic carbocycles. The van der Waals surface area contributed by atoms with Crippen LogP contribution < -0.4 is 5.82 Å². The van der Waals surface area contributed by atoms with Crippen LogP contribution in [0.1, 0.15) is 5.76 Å². The molecule has 1 rings (SSSR count). The maximum Gasteiger partial charge on any atom is 0.521 e. The van der Waals surface area contributed by atoms with Crippen molar-refractivity contribution >= 4 is 11.8 Å². The number of aryl methyl sites for hydroxylation is 1. The van der Waals surface area contributed by atoms with E-state index in [1.807, 2.05) is 6.26 Å². The Hall–Kier alpha value is -0.840. The molecular weight excluding hydrogens is 168 g/mol. The van der Waals surface area contributed by atoms with E-state index < -0.39 is 11.8 Å². The maximum absolute atomic E-state index is 10.4. The number of thioether (sulfide) groups is 1. The first-order valence-electron chi connectivity index (χ1n) is 3.04. The summed E-state index contributed by atoms with van der Waals surface area (Å²) >= 11 is 1.60. The highest BCUT2D eigenvalue weighted by atomic mass is 32.2. The largest absolute Gasteiger partial charge is 0.521 e. The second-order valence-electron chi connectivity index (χ2n) is 1.93. The molecule has 0 amide bonds. The summed E-state index contributed by atoms with van der Waals surface area (Å²) in [6.45, 7) is 0. The molecule has 1 heterocycles. The van der Waals surface area contributed by atoms with Crippen LogP contribution in [-0.4, -0.2) is 17.1 Å². The van der Waals surface area contributed by atoms with Crippen LogP contribution in [0.4, 0.5) is 0 Å². The van der Waals surface area contributed by atoms with E-state index in [0.717, 1.165) is 5.75 Å². The minimum atomic E-state index is -0.849.